The first-order valence-corrected chi connectivity index (χ1v) is 7.42. The Labute approximate surface area is 139 Å². The van der Waals surface area contributed by atoms with Gasteiger partial charge in [-0.25, -0.2) is 4.39 Å². The number of carbonyl (C=O) groups is 2. The van der Waals surface area contributed by atoms with Gasteiger partial charge in [-0.15, -0.1) is 0 Å². The third-order valence-corrected chi connectivity index (χ3v) is 3.53. The monoisotopic (exact) mass is 330 g/mol. The summed E-state index contributed by atoms with van der Waals surface area (Å²) >= 11 is 0. The van der Waals surface area contributed by atoms with Gasteiger partial charge in [0.1, 0.15) is 11.6 Å². The highest BCUT2D eigenvalue weighted by molar-refractivity contribution is 6.39. The predicted octanol–water partition coefficient (Wildman–Crippen LogP) is 2.96. The standard InChI is InChI=1S/C18H19FN2O3/c1-11-4-9-16(24-3)15(10-11)21-18(23)17(22)20-12(2)13-5-7-14(19)8-6-13/h4-10,12H,1-3H3,(H,20,22)(H,21,23). The summed E-state index contributed by atoms with van der Waals surface area (Å²) in [7, 11) is 1.48. The zero-order valence-electron chi connectivity index (χ0n) is 13.7. The lowest BCUT2D eigenvalue weighted by Crippen LogP contribution is -2.37. The molecule has 2 aromatic carbocycles. The molecule has 0 aromatic heterocycles. The Hall–Kier alpha value is -2.89. The van der Waals surface area contributed by atoms with Crippen LogP contribution in [-0.2, 0) is 9.59 Å². The van der Waals surface area contributed by atoms with Crippen molar-refractivity contribution in [3.63, 3.8) is 0 Å². The van der Waals surface area contributed by atoms with Crippen LogP contribution in [0, 0.1) is 12.7 Å². The van der Waals surface area contributed by atoms with Crippen LogP contribution in [0.15, 0.2) is 42.5 Å². The normalized spacial score (nSPS) is 11.5. The molecule has 0 saturated heterocycles. The van der Waals surface area contributed by atoms with E-state index in [1.54, 1.807) is 31.2 Å². The molecule has 0 radical (unpaired) electrons. The summed E-state index contributed by atoms with van der Waals surface area (Å²) in [5.74, 6) is -1.47. The number of carbonyl (C=O) groups excluding carboxylic acids is 2. The number of halogens is 1. The second-order valence-corrected chi connectivity index (χ2v) is 5.40. The van der Waals surface area contributed by atoms with E-state index >= 15 is 0 Å². The molecule has 24 heavy (non-hydrogen) atoms. The van der Waals surface area contributed by atoms with Gasteiger partial charge in [0.05, 0.1) is 18.8 Å². The highest BCUT2D eigenvalue weighted by Gasteiger charge is 2.18. The van der Waals surface area contributed by atoms with Gasteiger partial charge < -0.3 is 15.4 Å². The molecule has 5 nitrogen and oxygen atoms in total. The second kappa shape index (κ2) is 7.59. The molecule has 1 unspecified atom stereocenters. The first-order chi connectivity index (χ1) is 11.4. The molecule has 0 aliphatic heterocycles. The SMILES string of the molecule is COc1ccc(C)cc1NC(=O)C(=O)NC(C)c1ccc(F)cc1. The lowest BCUT2D eigenvalue weighted by Gasteiger charge is -2.15. The van der Waals surface area contributed by atoms with E-state index in [1.165, 1.54) is 19.2 Å². The van der Waals surface area contributed by atoms with Crippen molar-refractivity contribution in [2.75, 3.05) is 12.4 Å². The molecule has 6 heteroatoms. The smallest absolute Gasteiger partial charge is 0.313 e. The minimum absolute atomic E-state index is 0.360. The van der Waals surface area contributed by atoms with Gasteiger partial charge in [0, 0.05) is 0 Å². The van der Waals surface area contributed by atoms with Crippen molar-refractivity contribution in [1.29, 1.82) is 0 Å². The molecule has 0 aliphatic carbocycles. The molecule has 2 rings (SSSR count). The van der Waals surface area contributed by atoms with Gasteiger partial charge in [-0.1, -0.05) is 18.2 Å². The fourth-order valence-electron chi connectivity index (χ4n) is 2.20. The van der Waals surface area contributed by atoms with Crippen molar-refractivity contribution in [2.24, 2.45) is 0 Å². The number of anilines is 1. The van der Waals surface area contributed by atoms with Gasteiger partial charge >= 0.3 is 11.8 Å². The number of amides is 2. The summed E-state index contributed by atoms with van der Waals surface area (Å²) in [5.41, 5.74) is 2.05. The first kappa shape index (κ1) is 17.5. The maximum Gasteiger partial charge on any atom is 0.313 e. The molecule has 2 amide bonds. The van der Waals surface area contributed by atoms with Crippen LogP contribution in [0.4, 0.5) is 10.1 Å². The van der Waals surface area contributed by atoms with E-state index in [1.807, 2.05) is 13.0 Å². The molecule has 2 aromatic rings. The van der Waals surface area contributed by atoms with Gasteiger partial charge in [0.2, 0.25) is 0 Å². The van der Waals surface area contributed by atoms with Crippen molar-refractivity contribution in [3.05, 3.63) is 59.4 Å². The number of hydrogen-bond acceptors (Lipinski definition) is 3. The van der Waals surface area contributed by atoms with Crippen molar-refractivity contribution < 1.29 is 18.7 Å². The Kier molecular flexibility index (Phi) is 5.52. The highest BCUT2D eigenvalue weighted by atomic mass is 19.1. The van der Waals surface area contributed by atoms with Crippen molar-refractivity contribution in [2.45, 2.75) is 19.9 Å². The van der Waals surface area contributed by atoms with Crippen LogP contribution in [0.25, 0.3) is 0 Å². The summed E-state index contributed by atoms with van der Waals surface area (Å²) < 4.78 is 18.1. The van der Waals surface area contributed by atoms with Gasteiger partial charge in [0.15, 0.2) is 0 Å². The summed E-state index contributed by atoms with van der Waals surface area (Å²) in [6.07, 6.45) is 0. The number of nitrogens with one attached hydrogen (secondary N) is 2. The Balaban J connectivity index is 2.03. The van der Waals surface area contributed by atoms with Crippen LogP contribution in [0.5, 0.6) is 5.75 Å². The lowest BCUT2D eigenvalue weighted by atomic mass is 10.1. The average molecular weight is 330 g/mol. The van der Waals surface area contributed by atoms with Crippen LogP contribution >= 0.6 is 0 Å². The van der Waals surface area contributed by atoms with Crippen molar-refractivity contribution in [1.82, 2.24) is 5.32 Å². The van der Waals surface area contributed by atoms with Gasteiger partial charge in [-0.3, -0.25) is 9.59 Å². The highest BCUT2D eigenvalue weighted by Crippen LogP contribution is 2.25. The molecule has 0 spiro atoms. The van der Waals surface area contributed by atoms with Gasteiger partial charge in [0.25, 0.3) is 0 Å². The maximum absolute atomic E-state index is 12.9. The largest absolute Gasteiger partial charge is 0.495 e. The summed E-state index contributed by atoms with van der Waals surface area (Å²) in [6.45, 7) is 3.58. The summed E-state index contributed by atoms with van der Waals surface area (Å²) in [6, 6.07) is 10.6. The molecule has 0 saturated carbocycles. The minimum Gasteiger partial charge on any atom is -0.495 e. The van der Waals surface area contributed by atoms with Crippen LogP contribution in [-0.4, -0.2) is 18.9 Å². The van der Waals surface area contributed by atoms with Crippen molar-refractivity contribution >= 4 is 17.5 Å². The molecule has 0 heterocycles. The van der Waals surface area contributed by atoms with Crippen LogP contribution in [0.3, 0.4) is 0 Å². The number of hydrogen-bond donors (Lipinski definition) is 2. The van der Waals surface area contributed by atoms with Crippen LogP contribution in [0.2, 0.25) is 0 Å². The van der Waals surface area contributed by atoms with E-state index in [2.05, 4.69) is 10.6 Å². The number of rotatable bonds is 4. The second-order valence-electron chi connectivity index (χ2n) is 5.40. The Morgan fingerprint density at radius 3 is 2.38 bits per heavy atom. The molecular weight excluding hydrogens is 311 g/mol. The van der Waals surface area contributed by atoms with E-state index in [9.17, 15) is 14.0 Å². The van der Waals surface area contributed by atoms with Crippen molar-refractivity contribution in [3.8, 4) is 5.75 Å². The third kappa shape index (κ3) is 4.32. The number of aryl methyl sites for hydroxylation is 1. The Morgan fingerprint density at radius 2 is 1.75 bits per heavy atom. The van der Waals surface area contributed by atoms with E-state index < -0.39 is 17.9 Å². The molecule has 0 fully saturated rings. The minimum atomic E-state index is -0.798. The quantitative estimate of drug-likeness (QED) is 0.847. The molecule has 126 valence electrons. The number of ether oxygens (including phenoxy) is 1. The number of benzene rings is 2. The molecular formula is C18H19FN2O3. The first-order valence-electron chi connectivity index (χ1n) is 7.42. The molecule has 2 N–H and O–H groups in total. The lowest BCUT2D eigenvalue weighted by molar-refractivity contribution is -0.136. The van der Waals surface area contributed by atoms with E-state index in [-0.39, 0.29) is 5.82 Å². The van der Waals surface area contributed by atoms with E-state index in [0.29, 0.717) is 17.0 Å². The van der Waals surface area contributed by atoms with Gasteiger partial charge in [-0.05, 0) is 49.2 Å². The van der Waals surface area contributed by atoms with Gasteiger partial charge in [-0.2, -0.15) is 0 Å². The maximum atomic E-state index is 12.9. The fourth-order valence-corrected chi connectivity index (χ4v) is 2.20. The summed E-state index contributed by atoms with van der Waals surface area (Å²) in [4.78, 5) is 24.1. The zero-order valence-corrected chi connectivity index (χ0v) is 13.7. The molecule has 1 atom stereocenters. The summed E-state index contributed by atoms with van der Waals surface area (Å²) in [5, 5.41) is 5.11. The van der Waals surface area contributed by atoms with Crippen LogP contribution < -0.4 is 15.4 Å². The molecule has 0 bridgehead atoms. The number of methoxy groups -OCH3 is 1. The zero-order chi connectivity index (χ0) is 17.7. The van der Waals surface area contributed by atoms with E-state index in [0.717, 1.165) is 5.56 Å². The topological polar surface area (TPSA) is 67.4 Å². The van der Waals surface area contributed by atoms with E-state index in [4.69, 9.17) is 4.74 Å². The fraction of sp³-hybridized carbons (Fsp3) is 0.222. The molecule has 0 aliphatic rings. The Morgan fingerprint density at radius 1 is 1.08 bits per heavy atom. The third-order valence-electron chi connectivity index (χ3n) is 3.53. The Bertz CT molecular complexity index is 744. The predicted molar refractivity (Wildman–Crippen MR) is 89.3 cm³/mol. The van der Waals surface area contributed by atoms with Crippen LogP contribution in [0.1, 0.15) is 24.1 Å². The average Bonchev–Trinajstić information content (AvgIpc) is 2.55.